The minimum atomic E-state index is -0.655. The van der Waals surface area contributed by atoms with Crippen LogP contribution in [0.4, 0.5) is 5.69 Å². The van der Waals surface area contributed by atoms with Crippen LogP contribution in [-0.2, 0) is 4.74 Å². The number of nitro benzene ring substituents is 1. The molecule has 0 saturated heterocycles. The highest BCUT2D eigenvalue weighted by Crippen LogP contribution is 2.27. The first kappa shape index (κ1) is 16.9. The zero-order chi connectivity index (χ0) is 15.8. The molecule has 0 radical (unpaired) electrons. The van der Waals surface area contributed by atoms with Gasteiger partial charge in [-0.15, -0.1) is 0 Å². The maximum absolute atomic E-state index is 12.5. The van der Waals surface area contributed by atoms with E-state index in [-0.39, 0.29) is 42.4 Å². The summed E-state index contributed by atoms with van der Waals surface area (Å²) in [5.41, 5.74) is -0.523. The van der Waals surface area contributed by atoms with Crippen LogP contribution in [0.5, 0.6) is 0 Å². The fourth-order valence-electron chi connectivity index (χ4n) is 1.74. The van der Waals surface area contributed by atoms with Gasteiger partial charge >= 0.3 is 0 Å². The third kappa shape index (κ3) is 4.41. The number of methoxy groups -OCH3 is 1. The number of nitrogens with zero attached hydrogens (tertiary/aromatic N) is 3. The van der Waals surface area contributed by atoms with E-state index in [1.165, 1.54) is 30.2 Å². The first-order chi connectivity index (χ1) is 10.0. The Hall–Kier alpha value is -2.17. The van der Waals surface area contributed by atoms with Gasteiger partial charge in [0.25, 0.3) is 11.6 Å². The first-order valence-corrected chi connectivity index (χ1v) is 6.48. The second-order valence-corrected chi connectivity index (χ2v) is 4.49. The van der Waals surface area contributed by atoms with Gasteiger partial charge in [0, 0.05) is 26.3 Å². The molecule has 0 aliphatic rings. The Labute approximate surface area is 126 Å². The number of ether oxygens (including phenoxy) is 1. The van der Waals surface area contributed by atoms with E-state index in [2.05, 4.69) is 0 Å². The Balaban J connectivity index is 3.13. The number of hydrogen-bond acceptors (Lipinski definition) is 5. The third-order valence-corrected chi connectivity index (χ3v) is 3.06. The average molecular weight is 312 g/mol. The van der Waals surface area contributed by atoms with Crippen molar-refractivity contribution in [2.75, 3.05) is 26.8 Å². The number of hydrogen-bond donors (Lipinski definition) is 0. The van der Waals surface area contributed by atoms with Crippen molar-refractivity contribution < 1.29 is 14.5 Å². The summed E-state index contributed by atoms with van der Waals surface area (Å²) in [6.45, 7) is 0.635. The van der Waals surface area contributed by atoms with Crippen molar-refractivity contribution in [2.24, 2.45) is 0 Å². The van der Waals surface area contributed by atoms with Gasteiger partial charge in [-0.2, -0.15) is 5.26 Å². The summed E-state index contributed by atoms with van der Waals surface area (Å²) >= 11 is 5.93. The third-order valence-electron chi connectivity index (χ3n) is 2.75. The van der Waals surface area contributed by atoms with Gasteiger partial charge < -0.3 is 9.64 Å². The fraction of sp³-hybridized carbons (Fsp3) is 0.385. The second kappa shape index (κ2) is 8.19. The lowest BCUT2D eigenvalue weighted by atomic mass is 10.1. The van der Waals surface area contributed by atoms with E-state index in [9.17, 15) is 14.9 Å². The van der Waals surface area contributed by atoms with Gasteiger partial charge in [-0.3, -0.25) is 14.9 Å². The number of halogens is 1. The molecule has 0 N–H and O–H groups in total. The zero-order valence-electron chi connectivity index (χ0n) is 11.4. The van der Waals surface area contributed by atoms with E-state index < -0.39 is 10.8 Å². The van der Waals surface area contributed by atoms with E-state index in [1.54, 1.807) is 0 Å². The van der Waals surface area contributed by atoms with Crippen LogP contribution in [0.25, 0.3) is 0 Å². The van der Waals surface area contributed by atoms with Gasteiger partial charge in [0.2, 0.25) is 0 Å². The molecule has 0 saturated carbocycles. The lowest BCUT2D eigenvalue weighted by molar-refractivity contribution is -0.385. The van der Waals surface area contributed by atoms with Crippen LogP contribution < -0.4 is 0 Å². The van der Waals surface area contributed by atoms with Gasteiger partial charge in [-0.1, -0.05) is 17.7 Å². The Bertz CT molecular complexity index is 571. The summed E-state index contributed by atoms with van der Waals surface area (Å²) in [6, 6.07) is 5.98. The molecule has 1 aromatic carbocycles. The summed E-state index contributed by atoms with van der Waals surface area (Å²) in [7, 11) is 1.48. The predicted molar refractivity (Wildman–Crippen MR) is 76.1 cm³/mol. The van der Waals surface area contributed by atoms with Crippen LogP contribution >= 0.6 is 11.6 Å². The molecule has 1 aromatic rings. The van der Waals surface area contributed by atoms with Crippen LogP contribution in [-0.4, -0.2) is 42.5 Å². The molecule has 0 atom stereocenters. The SMILES string of the molecule is COCCN(CCC#N)C(=O)c1c(Cl)cccc1[N+](=O)[O-]. The highest BCUT2D eigenvalue weighted by molar-refractivity contribution is 6.34. The average Bonchev–Trinajstić information content (AvgIpc) is 2.46. The summed E-state index contributed by atoms with van der Waals surface area (Å²) < 4.78 is 4.90. The van der Waals surface area contributed by atoms with Gasteiger partial charge in [-0.05, 0) is 6.07 Å². The number of nitriles is 1. The molecular formula is C13H14ClN3O4. The van der Waals surface area contributed by atoms with Crippen LogP contribution in [0.1, 0.15) is 16.8 Å². The first-order valence-electron chi connectivity index (χ1n) is 6.11. The van der Waals surface area contributed by atoms with Gasteiger partial charge in [-0.25, -0.2) is 0 Å². The molecule has 0 unspecified atom stereocenters. The summed E-state index contributed by atoms with van der Waals surface area (Å²) in [5.74, 6) is -0.584. The Morgan fingerprint density at radius 2 is 2.24 bits per heavy atom. The maximum Gasteiger partial charge on any atom is 0.283 e. The number of rotatable bonds is 7. The van der Waals surface area contributed by atoms with Crippen LogP contribution in [0.15, 0.2) is 18.2 Å². The van der Waals surface area contributed by atoms with E-state index in [4.69, 9.17) is 21.6 Å². The van der Waals surface area contributed by atoms with E-state index in [0.29, 0.717) is 0 Å². The van der Waals surface area contributed by atoms with Gasteiger partial charge in [0.15, 0.2) is 0 Å². The summed E-state index contributed by atoms with van der Waals surface area (Å²) in [4.78, 5) is 24.2. The molecular weight excluding hydrogens is 298 g/mol. The van der Waals surface area contributed by atoms with Crippen LogP contribution in [0, 0.1) is 21.4 Å². The number of amides is 1. The number of benzene rings is 1. The molecule has 0 aliphatic carbocycles. The molecule has 112 valence electrons. The summed E-state index contributed by atoms with van der Waals surface area (Å²) in [6.07, 6.45) is 0.119. The van der Waals surface area contributed by atoms with Crippen molar-refractivity contribution in [3.05, 3.63) is 38.9 Å². The summed E-state index contributed by atoms with van der Waals surface area (Å²) in [5, 5.41) is 19.7. The van der Waals surface area contributed by atoms with Crippen molar-refractivity contribution in [3.63, 3.8) is 0 Å². The monoisotopic (exact) mass is 311 g/mol. The molecule has 7 nitrogen and oxygen atoms in total. The van der Waals surface area contributed by atoms with Crippen molar-refractivity contribution in [3.8, 4) is 6.07 Å². The van der Waals surface area contributed by atoms with Crippen LogP contribution in [0.2, 0.25) is 5.02 Å². The molecule has 0 aliphatic heterocycles. The number of carbonyl (C=O) groups is 1. The maximum atomic E-state index is 12.5. The standard InChI is InChI=1S/C13H14ClN3O4/c1-21-9-8-16(7-3-6-15)13(18)12-10(14)4-2-5-11(12)17(19)20/h2,4-5H,3,7-9H2,1H3. The van der Waals surface area contributed by atoms with Crippen molar-refractivity contribution in [1.82, 2.24) is 4.90 Å². The topological polar surface area (TPSA) is 96.5 Å². The molecule has 0 spiro atoms. The second-order valence-electron chi connectivity index (χ2n) is 4.08. The van der Waals surface area contributed by atoms with Gasteiger partial charge in [0.05, 0.1) is 29.0 Å². The lowest BCUT2D eigenvalue weighted by Gasteiger charge is -2.21. The highest BCUT2D eigenvalue weighted by Gasteiger charge is 2.27. The molecule has 0 heterocycles. The zero-order valence-corrected chi connectivity index (χ0v) is 12.2. The minimum Gasteiger partial charge on any atom is -0.383 e. The number of carbonyl (C=O) groups excluding carboxylic acids is 1. The van der Waals surface area contributed by atoms with E-state index >= 15 is 0 Å². The van der Waals surface area contributed by atoms with E-state index in [0.717, 1.165) is 0 Å². The fourth-order valence-corrected chi connectivity index (χ4v) is 1.99. The molecule has 8 heteroatoms. The Morgan fingerprint density at radius 1 is 1.52 bits per heavy atom. The van der Waals surface area contributed by atoms with Crippen molar-refractivity contribution in [2.45, 2.75) is 6.42 Å². The largest absolute Gasteiger partial charge is 0.383 e. The van der Waals surface area contributed by atoms with E-state index in [1.807, 2.05) is 6.07 Å². The highest BCUT2D eigenvalue weighted by atomic mass is 35.5. The Kier molecular flexibility index (Phi) is 6.59. The Morgan fingerprint density at radius 3 is 2.81 bits per heavy atom. The normalized spacial score (nSPS) is 9.95. The van der Waals surface area contributed by atoms with Gasteiger partial charge in [0.1, 0.15) is 5.56 Å². The van der Waals surface area contributed by atoms with Crippen molar-refractivity contribution >= 4 is 23.2 Å². The number of nitro groups is 1. The quantitative estimate of drug-likeness (QED) is 0.568. The van der Waals surface area contributed by atoms with Crippen molar-refractivity contribution in [1.29, 1.82) is 5.26 Å². The molecule has 0 fully saturated rings. The van der Waals surface area contributed by atoms with Crippen LogP contribution in [0.3, 0.4) is 0 Å². The smallest absolute Gasteiger partial charge is 0.283 e. The predicted octanol–water partition coefficient (Wildman–Crippen LogP) is 2.25. The molecule has 0 aromatic heterocycles. The minimum absolute atomic E-state index is 0.00794. The lowest BCUT2D eigenvalue weighted by Crippen LogP contribution is -2.35. The molecule has 1 amide bonds. The molecule has 0 bridgehead atoms. The molecule has 21 heavy (non-hydrogen) atoms. The molecule has 1 rings (SSSR count).